The van der Waals surface area contributed by atoms with Gasteiger partial charge in [-0.2, -0.15) is 0 Å². The van der Waals surface area contributed by atoms with Crippen LogP contribution in [0.2, 0.25) is 0 Å². The molecule has 34 heavy (non-hydrogen) atoms. The van der Waals surface area contributed by atoms with Crippen LogP contribution >= 0.6 is 0 Å². The van der Waals surface area contributed by atoms with Crippen LogP contribution in [-0.4, -0.2) is 81.5 Å². The van der Waals surface area contributed by atoms with Crippen LogP contribution in [0.5, 0.6) is 11.6 Å². The average Bonchev–Trinajstić information content (AvgIpc) is 3.26. The van der Waals surface area contributed by atoms with Gasteiger partial charge >= 0.3 is 0 Å². The lowest BCUT2D eigenvalue weighted by molar-refractivity contribution is -0.134. The van der Waals surface area contributed by atoms with Crippen molar-refractivity contribution >= 4 is 27.1 Å². The highest BCUT2D eigenvalue weighted by Gasteiger charge is 2.30. The van der Waals surface area contributed by atoms with Gasteiger partial charge in [-0.05, 0) is 6.07 Å². The number of hydrogen-bond acceptors (Lipinski definition) is 9. The van der Waals surface area contributed by atoms with E-state index in [9.17, 15) is 22.0 Å². The van der Waals surface area contributed by atoms with E-state index in [1.807, 2.05) is 0 Å². The lowest BCUT2D eigenvalue weighted by Gasteiger charge is -2.31. The molecule has 0 unspecified atom stereocenters. The molecule has 4 rings (SSSR count). The highest BCUT2D eigenvalue weighted by atomic mass is 32.2. The van der Waals surface area contributed by atoms with Gasteiger partial charge < -0.3 is 24.0 Å². The molecule has 13 heteroatoms. The molecule has 0 aromatic carbocycles. The first-order chi connectivity index (χ1) is 16.2. The zero-order valence-corrected chi connectivity index (χ0v) is 19.4. The summed E-state index contributed by atoms with van der Waals surface area (Å²) in [5.41, 5.74) is 0.155. The van der Waals surface area contributed by atoms with Gasteiger partial charge in [-0.15, -0.1) is 0 Å². The number of nitrogens with zero attached hydrogens (tertiary/aromatic N) is 4. The Labute approximate surface area is 195 Å². The van der Waals surface area contributed by atoms with Crippen molar-refractivity contribution in [1.82, 2.24) is 14.9 Å². The number of ether oxygens (including phenoxy) is 3. The van der Waals surface area contributed by atoms with E-state index < -0.39 is 26.9 Å². The van der Waals surface area contributed by atoms with Crippen molar-refractivity contribution in [2.24, 2.45) is 0 Å². The Kier molecular flexibility index (Phi) is 6.84. The fourth-order valence-corrected chi connectivity index (χ4v) is 4.76. The molecule has 1 saturated heterocycles. The molecule has 1 fully saturated rings. The fourth-order valence-electron chi connectivity index (χ4n) is 3.94. The largest absolute Gasteiger partial charge is 0.488 e. The molecular weight excluding hydrogens is 474 g/mol. The second-order valence-electron chi connectivity index (χ2n) is 7.95. The van der Waals surface area contributed by atoms with E-state index in [4.69, 9.17) is 14.2 Å². The van der Waals surface area contributed by atoms with Crippen LogP contribution in [0.25, 0.3) is 0 Å². The molecule has 0 spiro atoms. The van der Waals surface area contributed by atoms with Crippen LogP contribution in [0.3, 0.4) is 0 Å². The monoisotopic (exact) mass is 498 g/mol. The molecule has 1 atom stereocenters. The van der Waals surface area contributed by atoms with E-state index in [1.54, 1.807) is 15.9 Å². The molecule has 1 amide bonds. The van der Waals surface area contributed by atoms with E-state index in [1.165, 1.54) is 19.5 Å². The number of halogens is 2. The zero-order valence-electron chi connectivity index (χ0n) is 18.6. The number of aromatic nitrogens is 2. The van der Waals surface area contributed by atoms with Crippen molar-refractivity contribution in [3.05, 3.63) is 30.1 Å². The SMILES string of the molecule is COCC(=O)N1CC[C@H](Oc2cc3c(cn2)OCCN3c2cnc(S(C)(=O)=O)c(C(F)F)c2)C1. The number of likely N-dealkylation sites (tertiary alicyclic amines) is 1. The number of sulfone groups is 1. The van der Waals surface area contributed by atoms with Crippen molar-refractivity contribution in [2.75, 3.05) is 51.1 Å². The molecule has 0 saturated carbocycles. The summed E-state index contributed by atoms with van der Waals surface area (Å²) >= 11 is 0. The third-order valence-corrected chi connectivity index (χ3v) is 6.54. The normalized spacial score (nSPS) is 18.1. The van der Waals surface area contributed by atoms with Gasteiger partial charge in [0.2, 0.25) is 11.8 Å². The smallest absolute Gasteiger partial charge is 0.266 e. The quantitative estimate of drug-likeness (QED) is 0.566. The Balaban J connectivity index is 1.58. The summed E-state index contributed by atoms with van der Waals surface area (Å²) in [7, 11) is -2.46. The van der Waals surface area contributed by atoms with E-state index in [-0.39, 0.29) is 31.1 Å². The molecule has 0 radical (unpaired) electrons. The Morgan fingerprint density at radius 3 is 2.76 bits per heavy atom. The molecule has 2 aliphatic heterocycles. The summed E-state index contributed by atoms with van der Waals surface area (Å²) in [6.45, 7) is 1.54. The van der Waals surface area contributed by atoms with Gasteiger partial charge in [-0.1, -0.05) is 0 Å². The predicted molar refractivity (Wildman–Crippen MR) is 117 cm³/mol. The summed E-state index contributed by atoms with van der Waals surface area (Å²) in [5, 5.41) is -0.646. The van der Waals surface area contributed by atoms with Crippen molar-refractivity contribution < 1.29 is 36.2 Å². The summed E-state index contributed by atoms with van der Waals surface area (Å²) in [6, 6.07) is 2.75. The average molecular weight is 499 g/mol. The number of carbonyl (C=O) groups excluding carboxylic acids is 1. The van der Waals surface area contributed by atoms with Gasteiger partial charge in [0.15, 0.2) is 20.6 Å². The lowest BCUT2D eigenvalue weighted by Crippen LogP contribution is -2.33. The van der Waals surface area contributed by atoms with Crippen molar-refractivity contribution in [3.63, 3.8) is 0 Å². The van der Waals surface area contributed by atoms with Crippen LogP contribution in [0.4, 0.5) is 20.2 Å². The van der Waals surface area contributed by atoms with Crippen LogP contribution in [0, 0.1) is 0 Å². The standard InChI is InChI=1S/C21H24F2N4O6S/c1-31-12-19(28)26-4-3-14(11-26)33-18-8-16-17(10-24-18)32-6-5-27(16)13-7-15(20(22)23)21(25-9-13)34(2,29)30/h7-10,14,20H,3-6,11-12H2,1-2H3/t14-/m0/s1. The minimum Gasteiger partial charge on any atom is -0.488 e. The first-order valence-electron chi connectivity index (χ1n) is 10.5. The summed E-state index contributed by atoms with van der Waals surface area (Å²) in [6.07, 6.45) is 0.919. The molecule has 0 N–H and O–H groups in total. The van der Waals surface area contributed by atoms with Crippen molar-refractivity contribution in [3.8, 4) is 11.6 Å². The molecular formula is C21H24F2N4O6S. The van der Waals surface area contributed by atoms with Gasteiger partial charge in [0.25, 0.3) is 6.43 Å². The number of pyridine rings is 2. The summed E-state index contributed by atoms with van der Waals surface area (Å²) in [5.74, 6) is 0.592. The second-order valence-corrected chi connectivity index (χ2v) is 9.88. The van der Waals surface area contributed by atoms with Crippen molar-refractivity contribution in [2.45, 2.75) is 24.0 Å². The first-order valence-corrected chi connectivity index (χ1v) is 12.4. The summed E-state index contributed by atoms with van der Waals surface area (Å²) < 4.78 is 67.5. The molecule has 2 aliphatic rings. The molecule has 4 heterocycles. The van der Waals surface area contributed by atoms with Gasteiger partial charge in [-0.25, -0.2) is 27.2 Å². The van der Waals surface area contributed by atoms with Crippen molar-refractivity contribution in [1.29, 1.82) is 0 Å². The topological polar surface area (TPSA) is 111 Å². The maximum absolute atomic E-state index is 13.6. The number of fused-ring (bicyclic) bond motifs is 1. The Morgan fingerprint density at radius 2 is 2.06 bits per heavy atom. The third-order valence-electron chi connectivity index (χ3n) is 5.50. The number of rotatable bonds is 7. The van der Waals surface area contributed by atoms with Crippen LogP contribution in [0.15, 0.2) is 29.6 Å². The Morgan fingerprint density at radius 1 is 1.26 bits per heavy atom. The highest BCUT2D eigenvalue weighted by molar-refractivity contribution is 7.90. The Hall–Kier alpha value is -3.06. The van der Waals surface area contributed by atoms with E-state index >= 15 is 0 Å². The summed E-state index contributed by atoms with van der Waals surface area (Å²) in [4.78, 5) is 23.4. The van der Waals surface area contributed by atoms with Gasteiger partial charge in [0.1, 0.15) is 19.3 Å². The number of carbonyl (C=O) groups is 1. The van der Waals surface area contributed by atoms with Crippen LogP contribution in [-0.2, 0) is 19.4 Å². The van der Waals surface area contributed by atoms with Gasteiger partial charge in [-0.3, -0.25) is 4.79 Å². The lowest BCUT2D eigenvalue weighted by atomic mass is 10.2. The minimum absolute atomic E-state index is 0.00285. The zero-order chi connectivity index (χ0) is 24.5. The minimum atomic E-state index is -3.92. The molecule has 2 aromatic rings. The first kappa shape index (κ1) is 24.1. The maximum Gasteiger partial charge on any atom is 0.266 e. The van der Waals surface area contributed by atoms with Crippen LogP contribution < -0.4 is 14.4 Å². The number of hydrogen-bond donors (Lipinski definition) is 0. The molecule has 10 nitrogen and oxygen atoms in total. The molecule has 184 valence electrons. The second kappa shape index (κ2) is 9.66. The maximum atomic E-state index is 13.6. The number of alkyl halides is 2. The van der Waals surface area contributed by atoms with Crippen LogP contribution in [0.1, 0.15) is 18.4 Å². The van der Waals surface area contributed by atoms with E-state index in [2.05, 4.69) is 9.97 Å². The van der Waals surface area contributed by atoms with Gasteiger partial charge in [0, 0.05) is 32.4 Å². The Bertz CT molecular complexity index is 1180. The van der Waals surface area contributed by atoms with Gasteiger partial charge in [0.05, 0.1) is 42.4 Å². The number of methoxy groups -OCH3 is 1. The molecule has 0 bridgehead atoms. The molecule has 0 aliphatic carbocycles. The molecule has 2 aromatic heterocycles. The number of amides is 1. The third kappa shape index (κ3) is 5.04. The van der Waals surface area contributed by atoms with E-state index in [0.29, 0.717) is 43.2 Å². The van der Waals surface area contributed by atoms with E-state index in [0.717, 1.165) is 12.3 Å². The predicted octanol–water partition coefficient (Wildman–Crippen LogP) is 1.97. The fraction of sp³-hybridized carbons (Fsp3) is 0.476. The highest BCUT2D eigenvalue weighted by Crippen LogP contribution is 2.39. The number of anilines is 2.